The smallest absolute Gasteiger partial charge is 0.209 e. The molecule has 0 aromatic heterocycles. The van der Waals surface area contributed by atoms with Crippen LogP contribution in [0.5, 0.6) is 0 Å². The quantitative estimate of drug-likeness (QED) is 0.892. The molecule has 0 spiro atoms. The SMILES string of the molecule is NS(=O)(=O)CC1CCCN(Cc2ccccc2)C1. The Bertz CT molecular complexity index is 473. The lowest BCUT2D eigenvalue weighted by Crippen LogP contribution is -2.38. The number of benzene rings is 1. The molecule has 1 aliphatic heterocycles. The van der Waals surface area contributed by atoms with Crippen LogP contribution in [0.4, 0.5) is 0 Å². The normalized spacial score (nSPS) is 21.9. The van der Waals surface area contributed by atoms with Gasteiger partial charge >= 0.3 is 0 Å². The number of piperidine rings is 1. The Kier molecular flexibility index (Phi) is 4.37. The van der Waals surface area contributed by atoms with Crippen LogP contribution >= 0.6 is 0 Å². The van der Waals surface area contributed by atoms with Crippen molar-refractivity contribution in [1.29, 1.82) is 0 Å². The average molecular weight is 268 g/mol. The van der Waals surface area contributed by atoms with Crippen molar-refractivity contribution in [2.75, 3.05) is 18.8 Å². The van der Waals surface area contributed by atoms with E-state index in [0.717, 1.165) is 32.5 Å². The number of primary sulfonamides is 1. The van der Waals surface area contributed by atoms with Gasteiger partial charge in [-0.05, 0) is 30.9 Å². The van der Waals surface area contributed by atoms with Gasteiger partial charge in [-0.3, -0.25) is 4.90 Å². The number of hydrogen-bond donors (Lipinski definition) is 1. The number of hydrogen-bond acceptors (Lipinski definition) is 3. The molecule has 2 N–H and O–H groups in total. The lowest BCUT2D eigenvalue weighted by Gasteiger charge is -2.32. The number of sulfonamides is 1. The molecule has 1 atom stereocenters. The largest absolute Gasteiger partial charge is 0.299 e. The minimum absolute atomic E-state index is 0.109. The third-order valence-corrected chi connectivity index (χ3v) is 4.26. The van der Waals surface area contributed by atoms with E-state index >= 15 is 0 Å². The molecule has 1 aromatic carbocycles. The Morgan fingerprint density at radius 1 is 1.28 bits per heavy atom. The molecule has 4 nitrogen and oxygen atoms in total. The van der Waals surface area contributed by atoms with Crippen molar-refractivity contribution in [2.45, 2.75) is 19.4 Å². The highest BCUT2D eigenvalue weighted by molar-refractivity contribution is 7.89. The zero-order chi connectivity index (χ0) is 13.0. The summed E-state index contributed by atoms with van der Waals surface area (Å²) < 4.78 is 22.2. The van der Waals surface area contributed by atoms with Crippen molar-refractivity contribution in [3.63, 3.8) is 0 Å². The van der Waals surface area contributed by atoms with E-state index in [0.29, 0.717) is 0 Å². The van der Waals surface area contributed by atoms with Crippen LogP contribution in [-0.2, 0) is 16.6 Å². The van der Waals surface area contributed by atoms with Gasteiger partial charge in [-0.1, -0.05) is 30.3 Å². The molecule has 0 saturated carbocycles. The zero-order valence-corrected chi connectivity index (χ0v) is 11.3. The highest BCUT2D eigenvalue weighted by atomic mass is 32.2. The van der Waals surface area contributed by atoms with Gasteiger partial charge in [0.15, 0.2) is 0 Å². The Morgan fingerprint density at radius 3 is 2.67 bits per heavy atom. The number of rotatable bonds is 4. The maximum atomic E-state index is 11.1. The lowest BCUT2D eigenvalue weighted by atomic mass is 9.99. The fourth-order valence-corrected chi connectivity index (χ4v) is 3.53. The molecule has 1 unspecified atom stereocenters. The second kappa shape index (κ2) is 5.82. The van der Waals surface area contributed by atoms with Crippen LogP contribution in [0.3, 0.4) is 0 Å². The van der Waals surface area contributed by atoms with E-state index in [4.69, 9.17) is 5.14 Å². The van der Waals surface area contributed by atoms with Crippen LogP contribution in [0.1, 0.15) is 18.4 Å². The van der Waals surface area contributed by atoms with Gasteiger partial charge in [0.1, 0.15) is 0 Å². The molecule has 1 aromatic rings. The highest BCUT2D eigenvalue weighted by Gasteiger charge is 2.23. The standard InChI is InChI=1S/C13H20N2O2S/c14-18(16,17)11-13-7-4-8-15(10-13)9-12-5-2-1-3-6-12/h1-3,5-6,13H,4,7-11H2,(H2,14,16,17). The van der Waals surface area contributed by atoms with Gasteiger partial charge in [0.25, 0.3) is 0 Å². The molecule has 0 aliphatic carbocycles. The predicted octanol–water partition coefficient (Wildman–Crippen LogP) is 1.19. The number of nitrogens with two attached hydrogens (primary N) is 1. The second-order valence-corrected chi connectivity index (χ2v) is 6.72. The van der Waals surface area contributed by atoms with Crippen molar-refractivity contribution in [1.82, 2.24) is 4.90 Å². The van der Waals surface area contributed by atoms with Gasteiger partial charge in [0.2, 0.25) is 10.0 Å². The van der Waals surface area contributed by atoms with Crippen molar-refractivity contribution < 1.29 is 8.42 Å². The summed E-state index contributed by atoms with van der Waals surface area (Å²) in [6, 6.07) is 10.3. The summed E-state index contributed by atoms with van der Waals surface area (Å²) in [6.07, 6.45) is 2.01. The third kappa shape index (κ3) is 4.40. The van der Waals surface area contributed by atoms with Gasteiger partial charge in [0, 0.05) is 13.1 Å². The Hall–Kier alpha value is -0.910. The molecule has 1 fully saturated rings. The first-order chi connectivity index (χ1) is 8.53. The average Bonchev–Trinajstić information content (AvgIpc) is 2.28. The van der Waals surface area contributed by atoms with Gasteiger partial charge in [-0.15, -0.1) is 0 Å². The van der Waals surface area contributed by atoms with E-state index < -0.39 is 10.0 Å². The van der Waals surface area contributed by atoms with Crippen molar-refractivity contribution in [3.8, 4) is 0 Å². The van der Waals surface area contributed by atoms with Gasteiger partial charge in [0.05, 0.1) is 5.75 Å². The van der Waals surface area contributed by atoms with Gasteiger partial charge < -0.3 is 0 Å². The van der Waals surface area contributed by atoms with E-state index in [1.54, 1.807) is 0 Å². The minimum atomic E-state index is -3.35. The fourth-order valence-electron chi connectivity index (χ4n) is 2.60. The van der Waals surface area contributed by atoms with Gasteiger partial charge in [-0.25, -0.2) is 13.6 Å². The summed E-state index contributed by atoms with van der Waals surface area (Å²) in [5.74, 6) is 0.288. The minimum Gasteiger partial charge on any atom is -0.299 e. The van der Waals surface area contributed by atoms with Crippen LogP contribution in [-0.4, -0.2) is 32.2 Å². The first-order valence-electron chi connectivity index (χ1n) is 6.30. The molecular weight excluding hydrogens is 248 g/mol. The second-order valence-electron chi connectivity index (χ2n) is 5.06. The molecule has 1 aliphatic rings. The van der Waals surface area contributed by atoms with Crippen LogP contribution in [0.15, 0.2) is 30.3 Å². The monoisotopic (exact) mass is 268 g/mol. The van der Waals surface area contributed by atoms with E-state index in [1.165, 1.54) is 5.56 Å². The van der Waals surface area contributed by atoms with Gasteiger partial charge in [-0.2, -0.15) is 0 Å². The highest BCUT2D eigenvalue weighted by Crippen LogP contribution is 2.19. The summed E-state index contributed by atoms with van der Waals surface area (Å²) in [5.41, 5.74) is 1.27. The molecule has 1 heterocycles. The van der Waals surface area contributed by atoms with Crippen molar-refractivity contribution >= 4 is 10.0 Å². The Balaban J connectivity index is 1.91. The third-order valence-electron chi connectivity index (χ3n) is 3.32. The molecule has 2 rings (SSSR count). The summed E-state index contributed by atoms with van der Waals surface area (Å²) >= 11 is 0. The van der Waals surface area contributed by atoms with E-state index in [2.05, 4.69) is 17.0 Å². The topological polar surface area (TPSA) is 63.4 Å². The molecule has 5 heteroatoms. The first-order valence-corrected chi connectivity index (χ1v) is 8.01. The summed E-state index contributed by atoms with van der Waals surface area (Å²) in [6.45, 7) is 2.75. The van der Waals surface area contributed by atoms with Crippen molar-refractivity contribution in [3.05, 3.63) is 35.9 Å². The maximum Gasteiger partial charge on any atom is 0.209 e. The molecule has 0 bridgehead atoms. The van der Waals surface area contributed by atoms with E-state index in [1.807, 2.05) is 18.2 Å². The zero-order valence-electron chi connectivity index (χ0n) is 10.5. The maximum absolute atomic E-state index is 11.1. The molecule has 0 radical (unpaired) electrons. The van der Waals surface area contributed by atoms with E-state index in [9.17, 15) is 8.42 Å². The molecular formula is C13H20N2O2S. The fraction of sp³-hybridized carbons (Fsp3) is 0.538. The van der Waals surface area contributed by atoms with Crippen LogP contribution in [0, 0.1) is 5.92 Å². The van der Waals surface area contributed by atoms with Crippen LogP contribution in [0.25, 0.3) is 0 Å². The summed E-state index contributed by atoms with van der Waals surface area (Å²) in [4.78, 5) is 2.31. The van der Waals surface area contributed by atoms with Crippen LogP contribution < -0.4 is 5.14 Å². The lowest BCUT2D eigenvalue weighted by molar-refractivity contribution is 0.178. The van der Waals surface area contributed by atoms with Crippen LogP contribution in [0.2, 0.25) is 0 Å². The van der Waals surface area contributed by atoms with Crippen molar-refractivity contribution in [2.24, 2.45) is 11.1 Å². The Labute approximate surface area is 109 Å². The number of nitrogens with zero attached hydrogens (tertiary/aromatic N) is 1. The Morgan fingerprint density at radius 2 is 2.00 bits per heavy atom. The van der Waals surface area contributed by atoms with E-state index in [-0.39, 0.29) is 11.7 Å². The molecule has 0 amide bonds. The molecule has 1 saturated heterocycles. The molecule has 100 valence electrons. The molecule has 18 heavy (non-hydrogen) atoms. The summed E-state index contributed by atoms with van der Waals surface area (Å²) in [7, 11) is -3.35. The predicted molar refractivity (Wildman–Crippen MR) is 72.4 cm³/mol. The summed E-state index contributed by atoms with van der Waals surface area (Å²) in [5, 5.41) is 5.12. The first kappa shape index (κ1) is 13.5. The number of likely N-dealkylation sites (tertiary alicyclic amines) is 1.